The topological polar surface area (TPSA) is 54.0 Å². The molecule has 0 amide bonds. The summed E-state index contributed by atoms with van der Waals surface area (Å²) in [5.41, 5.74) is 5.48. The standard InChI is InChI=1S/C32H40O5/c1-5-35-30(33)26-9-7-22(8-10-26)13-21(3)27-11-12-29(37-31(34-4)36-6-2)28(17-27)32-18-23-14-24(19-32)16-25(15-23)20-32/h7-13,17,23-25,31H,5-6,14-16,18-20H2,1-4H3. The number of hydrogen-bond donors (Lipinski definition) is 0. The highest BCUT2D eigenvalue weighted by Crippen LogP contribution is 2.62. The molecule has 0 aromatic heterocycles. The zero-order valence-corrected chi connectivity index (χ0v) is 22.6. The Bertz CT molecular complexity index is 1100. The summed E-state index contributed by atoms with van der Waals surface area (Å²) in [5.74, 6) is 3.11. The Kier molecular flexibility index (Phi) is 7.73. The number of rotatable bonds is 10. The molecular weight excluding hydrogens is 464 g/mol. The molecule has 1 unspecified atom stereocenters. The van der Waals surface area contributed by atoms with Crippen LogP contribution in [0.25, 0.3) is 11.6 Å². The Morgan fingerprint density at radius 1 is 0.946 bits per heavy atom. The molecule has 37 heavy (non-hydrogen) atoms. The summed E-state index contributed by atoms with van der Waals surface area (Å²) in [7, 11) is 1.62. The van der Waals surface area contributed by atoms with Crippen molar-refractivity contribution in [3.63, 3.8) is 0 Å². The minimum atomic E-state index is -0.710. The molecule has 0 spiro atoms. The van der Waals surface area contributed by atoms with Crippen molar-refractivity contribution in [2.75, 3.05) is 20.3 Å². The van der Waals surface area contributed by atoms with Gasteiger partial charge in [0.2, 0.25) is 0 Å². The van der Waals surface area contributed by atoms with E-state index in [1.54, 1.807) is 7.11 Å². The van der Waals surface area contributed by atoms with Crippen LogP contribution in [0.3, 0.4) is 0 Å². The predicted molar refractivity (Wildman–Crippen MR) is 145 cm³/mol. The second-order valence-corrected chi connectivity index (χ2v) is 11.2. The molecule has 0 saturated heterocycles. The first-order valence-corrected chi connectivity index (χ1v) is 13.8. The molecule has 0 aliphatic heterocycles. The van der Waals surface area contributed by atoms with E-state index in [-0.39, 0.29) is 11.4 Å². The molecule has 0 N–H and O–H groups in total. The van der Waals surface area contributed by atoms with Gasteiger partial charge in [0.25, 0.3) is 0 Å². The maximum atomic E-state index is 12.0. The Balaban J connectivity index is 1.47. The van der Waals surface area contributed by atoms with Crippen LogP contribution in [0.4, 0.5) is 0 Å². The van der Waals surface area contributed by atoms with E-state index in [0.717, 1.165) is 29.1 Å². The van der Waals surface area contributed by atoms with Gasteiger partial charge in [0.15, 0.2) is 0 Å². The van der Waals surface area contributed by atoms with E-state index in [9.17, 15) is 4.79 Å². The zero-order valence-electron chi connectivity index (χ0n) is 22.6. The second-order valence-electron chi connectivity index (χ2n) is 11.2. The molecule has 4 fully saturated rings. The minimum absolute atomic E-state index is 0.173. The van der Waals surface area contributed by atoms with Gasteiger partial charge in [0, 0.05) is 12.7 Å². The molecule has 4 saturated carbocycles. The fourth-order valence-electron chi connectivity index (χ4n) is 7.39. The average Bonchev–Trinajstić information content (AvgIpc) is 2.88. The fraction of sp³-hybridized carbons (Fsp3) is 0.531. The highest BCUT2D eigenvalue weighted by molar-refractivity contribution is 5.90. The summed E-state index contributed by atoms with van der Waals surface area (Å²) in [6, 6.07) is 14.2. The quantitative estimate of drug-likeness (QED) is 0.194. The average molecular weight is 505 g/mol. The summed E-state index contributed by atoms with van der Waals surface area (Å²) in [6.45, 7) is 6.11. The summed E-state index contributed by atoms with van der Waals surface area (Å²) in [4.78, 5) is 12.0. The monoisotopic (exact) mass is 504 g/mol. The van der Waals surface area contributed by atoms with E-state index < -0.39 is 6.48 Å². The van der Waals surface area contributed by atoms with Gasteiger partial charge in [0.05, 0.1) is 18.8 Å². The Morgan fingerprint density at radius 2 is 1.57 bits per heavy atom. The first-order chi connectivity index (χ1) is 17.9. The van der Waals surface area contributed by atoms with Gasteiger partial charge in [-0.1, -0.05) is 24.3 Å². The molecule has 2 aromatic rings. The molecule has 4 bridgehead atoms. The van der Waals surface area contributed by atoms with Crippen molar-refractivity contribution in [2.45, 2.75) is 71.2 Å². The largest absolute Gasteiger partial charge is 0.462 e. The van der Waals surface area contributed by atoms with Crippen LogP contribution in [0, 0.1) is 17.8 Å². The van der Waals surface area contributed by atoms with Crippen LogP contribution in [0.2, 0.25) is 0 Å². The van der Waals surface area contributed by atoms with Crippen LogP contribution in [0.5, 0.6) is 5.75 Å². The van der Waals surface area contributed by atoms with E-state index in [1.807, 2.05) is 38.1 Å². The highest BCUT2D eigenvalue weighted by Gasteiger charge is 2.52. The highest BCUT2D eigenvalue weighted by atomic mass is 16.8. The lowest BCUT2D eigenvalue weighted by Gasteiger charge is -2.57. The molecule has 4 aliphatic carbocycles. The van der Waals surface area contributed by atoms with Crippen molar-refractivity contribution in [1.29, 1.82) is 0 Å². The number of allylic oxidation sites excluding steroid dienone is 1. The Hall–Kier alpha value is -2.63. The maximum Gasteiger partial charge on any atom is 0.338 e. The van der Waals surface area contributed by atoms with Gasteiger partial charge >= 0.3 is 12.4 Å². The third-order valence-electron chi connectivity index (χ3n) is 8.57. The molecule has 5 nitrogen and oxygen atoms in total. The van der Waals surface area contributed by atoms with Gasteiger partial charge in [-0.3, -0.25) is 0 Å². The molecule has 5 heteroatoms. The van der Waals surface area contributed by atoms with Crippen LogP contribution in [-0.4, -0.2) is 32.8 Å². The lowest BCUT2D eigenvalue weighted by molar-refractivity contribution is -0.231. The van der Waals surface area contributed by atoms with Crippen molar-refractivity contribution in [3.8, 4) is 5.75 Å². The Labute approximate surface area is 221 Å². The number of methoxy groups -OCH3 is 1. The van der Waals surface area contributed by atoms with Gasteiger partial charge in [-0.05, 0) is 123 Å². The van der Waals surface area contributed by atoms with Crippen molar-refractivity contribution in [3.05, 3.63) is 64.7 Å². The minimum Gasteiger partial charge on any atom is -0.462 e. The number of carbonyl (C=O) groups is 1. The van der Waals surface area contributed by atoms with Crippen LogP contribution < -0.4 is 4.74 Å². The van der Waals surface area contributed by atoms with Gasteiger partial charge in [-0.2, -0.15) is 0 Å². The molecule has 198 valence electrons. The number of hydrogen-bond acceptors (Lipinski definition) is 5. The number of carbonyl (C=O) groups excluding carboxylic acids is 1. The second kappa shape index (κ2) is 11.0. The van der Waals surface area contributed by atoms with Gasteiger partial charge in [-0.25, -0.2) is 4.79 Å². The van der Waals surface area contributed by atoms with Crippen molar-refractivity contribution >= 4 is 17.6 Å². The smallest absolute Gasteiger partial charge is 0.338 e. The zero-order chi connectivity index (χ0) is 26.0. The fourth-order valence-corrected chi connectivity index (χ4v) is 7.39. The summed E-state index contributed by atoms with van der Waals surface area (Å²) in [6.07, 6.45) is 10.1. The molecule has 0 heterocycles. The number of ether oxygens (including phenoxy) is 4. The molecule has 6 rings (SSSR count). The van der Waals surface area contributed by atoms with Crippen molar-refractivity contribution in [2.24, 2.45) is 17.8 Å². The lowest BCUT2D eigenvalue weighted by atomic mass is 9.48. The van der Waals surface area contributed by atoms with Gasteiger partial charge in [-0.15, -0.1) is 0 Å². The van der Waals surface area contributed by atoms with E-state index in [0.29, 0.717) is 18.8 Å². The molecule has 0 radical (unpaired) electrons. The maximum absolute atomic E-state index is 12.0. The molecule has 1 atom stereocenters. The number of benzene rings is 2. The number of esters is 1. The summed E-state index contributed by atoms with van der Waals surface area (Å²) in [5, 5.41) is 0. The van der Waals surface area contributed by atoms with E-state index >= 15 is 0 Å². The van der Waals surface area contributed by atoms with Crippen LogP contribution in [0.15, 0.2) is 42.5 Å². The van der Waals surface area contributed by atoms with Crippen molar-refractivity contribution in [1.82, 2.24) is 0 Å². The predicted octanol–water partition coefficient (Wildman–Crippen LogP) is 7.24. The first kappa shape index (κ1) is 26.0. The molecule has 2 aromatic carbocycles. The molecule has 4 aliphatic rings. The third kappa shape index (κ3) is 5.49. The van der Waals surface area contributed by atoms with Crippen LogP contribution in [-0.2, 0) is 19.6 Å². The van der Waals surface area contributed by atoms with E-state index in [4.69, 9.17) is 18.9 Å². The normalized spacial score (nSPS) is 27.2. The first-order valence-electron chi connectivity index (χ1n) is 13.8. The van der Waals surface area contributed by atoms with Gasteiger partial charge in [0.1, 0.15) is 5.75 Å². The summed E-state index contributed by atoms with van der Waals surface area (Å²) >= 11 is 0. The van der Waals surface area contributed by atoms with Crippen LogP contribution >= 0.6 is 0 Å². The van der Waals surface area contributed by atoms with Crippen LogP contribution in [0.1, 0.15) is 86.3 Å². The van der Waals surface area contributed by atoms with E-state index in [2.05, 4.69) is 31.2 Å². The summed E-state index contributed by atoms with van der Waals surface area (Å²) < 4.78 is 22.6. The third-order valence-corrected chi connectivity index (χ3v) is 8.57. The molecular formula is C32H40O5. The lowest BCUT2D eigenvalue weighted by Crippen LogP contribution is -2.48. The van der Waals surface area contributed by atoms with E-state index in [1.165, 1.54) is 55.2 Å². The Morgan fingerprint density at radius 3 is 2.14 bits per heavy atom. The SMILES string of the molecule is CCOC(=O)c1ccc(C=C(C)c2ccc(OC(OC)OCC)c(C34CC5CC(CC(C5)C3)C4)c2)cc1. The van der Waals surface area contributed by atoms with Gasteiger partial charge < -0.3 is 18.9 Å². The van der Waals surface area contributed by atoms with Crippen molar-refractivity contribution < 1.29 is 23.7 Å².